The highest BCUT2D eigenvalue weighted by atomic mass is 16.5. The average Bonchev–Trinajstić information content (AvgIpc) is 2.30. The number of morpholine rings is 1. The SMILES string of the molecule is COC(=O)CCNC(C)CC1COCCN1. The topological polar surface area (TPSA) is 59.6 Å². The van der Waals surface area contributed by atoms with Crippen LogP contribution in [0.1, 0.15) is 19.8 Å². The number of hydrogen-bond acceptors (Lipinski definition) is 5. The number of ether oxygens (including phenoxy) is 2. The van der Waals surface area contributed by atoms with Crippen molar-refractivity contribution in [3.05, 3.63) is 0 Å². The van der Waals surface area contributed by atoms with Gasteiger partial charge in [0.05, 0.1) is 26.7 Å². The fourth-order valence-electron chi connectivity index (χ4n) is 1.80. The van der Waals surface area contributed by atoms with Crippen molar-refractivity contribution in [1.29, 1.82) is 0 Å². The van der Waals surface area contributed by atoms with Crippen molar-refractivity contribution in [3.8, 4) is 0 Å². The molecule has 0 aromatic heterocycles. The first-order chi connectivity index (χ1) is 7.72. The van der Waals surface area contributed by atoms with Gasteiger partial charge in [0.25, 0.3) is 0 Å². The number of hydrogen-bond donors (Lipinski definition) is 2. The van der Waals surface area contributed by atoms with Gasteiger partial charge in [-0.05, 0) is 13.3 Å². The number of carbonyl (C=O) groups is 1. The molecule has 1 fully saturated rings. The zero-order valence-corrected chi connectivity index (χ0v) is 10.1. The summed E-state index contributed by atoms with van der Waals surface area (Å²) in [6.07, 6.45) is 1.44. The maximum atomic E-state index is 10.9. The Morgan fingerprint density at radius 2 is 2.50 bits per heavy atom. The first kappa shape index (κ1) is 13.4. The maximum absolute atomic E-state index is 10.9. The van der Waals surface area contributed by atoms with Crippen molar-refractivity contribution in [2.45, 2.75) is 31.8 Å². The molecule has 16 heavy (non-hydrogen) atoms. The van der Waals surface area contributed by atoms with Gasteiger partial charge >= 0.3 is 5.97 Å². The van der Waals surface area contributed by atoms with E-state index in [2.05, 4.69) is 22.3 Å². The lowest BCUT2D eigenvalue weighted by Crippen LogP contribution is -2.45. The monoisotopic (exact) mass is 230 g/mol. The number of methoxy groups -OCH3 is 1. The molecule has 94 valence electrons. The van der Waals surface area contributed by atoms with E-state index in [0.717, 1.165) is 26.2 Å². The zero-order valence-electron chi connectivity index (χ0n) is 10.1. The Hall–Kier alpha value is -0.650. The summed E-state index contributed by atoms with van der Waals surface area (Å²) in [4.78, 5) is 10.9. The molecule has 0 amide bonds. The van der Waals surface area contributed by atoms with Gasteiger partial charge in [0, 0.05) is 25.2 Å². The second-order valence-corrected chi connectivity index (χ2v) is 4.14. The maximum Gasteiger partial charge on any atom is 0.306 e. The minimum atomic E-state index is -0.168. The molecule has 0 bridgehead atoms. The molecular formula is C11H22N2O3. The summed E-state index contributed by atoms with van der Waals surface area (Å²) in [5.74, 6) is -0.168. The summed E-state index contributed by atoms with van der Waals surface area (Å²) in [7, 11) is 1.41. The second kappa shape index (κ2) is 7.60. The molecule has 0 aromatic carbocycles. The van der Waals surface area contributed by atoms with Crippen LogP contribution in [0, 0.1) is 0 Å². The highest BCUT2D eigenvalue weighted by Gasteiger charge is 2.15. The Morgan fingerprint density at radius 1 is 1.69 bits per heavy atom. The fraction of sp³-hybridized carbons (Fsp3) is 0.909. The minimum absolute atomic E-state index is 0.168. The van der Waals surface area contributed by atoms with Crippen LogP contribution in [-0.4, -0.2) is 51.5 Å². The van der Waals surface area contributed by atoms with E-state index in [4.69, 9.17) is 4.74 Å². The van der Waals surface area contributed by atoms with Crippen LogP contribution >= 0.6 is 0 Å². The summed E-state index contributed by atoms with van der Waals surface area (Å²) < 4.78 is 9.95. The Labute approximate surface area is 96.9 Å². The molecule has 0 spiro atoms. The first-order valence-corrected chi connectivity index (χ1v) is 5.83. The van der Waals surface area contributed by atoms with Gasteiger partial charge in [-0.25, -0.2) is 0 Å². The van der Waals surface area contributed by atoms with Crippen molar-refractivity contribution in [2.24, 2.45) is 0 Å². The summed E-state index contributed by atoms with van der Waals surface area (Å²) >= 11 is 0. The standard InChI is InChI=1S/C11H22N2O3/c1-9(12-4-3-11(14)15-2)7-10-8-16-6-5-13-10/h9-10,12-13H,3-8H2,1-2H3. The average molecular weight is 230 g/mol. The lowest BCUT2D eigenvalue weighted by atomic mass is 10.1. The molecular weight excluding hydrogens is 208 g/mol. The third kappa shape index (κ3) is 5.44. The second-order valence-electron chi connectivity index (χ2n) is 4.14. The van der Waals surface area contributed by atoms with Gasteiger partial charge in [-0.3, -0.25) is 4.79 Å². The molecule has 2 N–H and O–H groups in total. The summed E-state index contributed by atoms with van der Waals surface area (Å²) in [6.45, 7) is 5.30. The third-order valence-corrected chi connectivity index (χ3v) is 2.69. The largest absolute Gasteiger partial charge is 0.469 e. The van der Waals surface area contributed by atoms with Crippen LogP contribution in [0.4, 0.5) is 0 Å². The van der Waals surface area contributed by atoms with Crippen LogP contribution in [0.25, 0.3) is 0 Å². The van der Waals surface area contributed by atoms with E-state index in [1.54, 1.807) is 0 Å². The Balaban J connectivity index is 2.05. The number of rotatable bonds is 6. The lowest BCUT2D eigenvalue weighted by Gasteiger charge is -2.26. The van der Waals surface area contributed by atoms with Gasteiger partial charge in [-0.15, -0.1) is 0 Å². The van der Waals surface area contributed by atoms with Gasteiger partial charge in [-0.1, -0.05) is 0 Å². The third-order valence-electron chi connectivity index (χ3n) is 2.69. The molecule has 1 aliphatic rings. The molecule has 0 aliphatic carbocycles. The van der Waals surface area contributed by atoms with Crippen LogP contribution in [0.3, 0.4) is 0 Å². The van der Waals surface area contributed by atoms with E-state index >= 15 is 0 Å². The smallest absolute Gasteiger partial charge is 0.306 e. The number of esters is 1. The van der Waals surface area contributed by atoms with Crippen molar-refractivity contribution in [1.82, 2.24) is 10.6 Å². The molecule has 5 nitrogen and oxygen atoms in total. The molecule has 1 heterocycles. The number of carbonyl (C=O) groups excluding carboxylic acids is 1. The molecule has 2 atom stereocenters. The minimum Gasteiger partial charge on any atom is -0.469 e. The van der Waals surface area contributed by atoms with Crippen LogP contribution in [-0.2, 0) is 14.3 Å². The van der Waals surface area contributed by atoms with Gasteiger partial charge < -0.3 is 20.1 Å². The summed E-state index contributed by atoms with van der Waals surface area (Å²) in [5.41, 5.74) is 0. The van der Waals surface area contributed by atoms with E-state index in [9.17, 15) is 4.79 Å². The Kier molecular flexibility index (Phi) is 6.37. The van der Waals surface area contributed by atoms with Gasteiger partial charge in [0.15, 0.2) is 0 Å². The molecule has 2 unspecified atom stereocenters. The van der Waals surface area contributed by atoms with Crippen molar-refractivity contribution >= 4 is 5.97 Å². The zero-order chi connectivity index (χ0) is 11.8. The van der Waals surface area contributed by atoms with Crippen LogP contribution in [0.2, 0.25) is 0 Å². The normalized spacial score (nSPS) is 22.8. The molecule has 0 aromatic rings. The van der Waals surface area contributed by atoms with Crippen molar-refractivity contribution < 1.29 is 14.3 Å². The molecule has 1 aliphatic heterocycles. The Bertz CT molecular complexity index is 205. The van der Waals surface area contributed by atoms with E-state index in [-0.39, 0.29) is 5.97 Å². The molecule has 0 radical (unpaired) electrons. The van der Waals surface area contributed by atoms with E-state index in [0.29, 0.717) is 25.0 Å². The summed E-state index contributed by atoms with van der Waals surface area (Å²) in [5, 5.41) is 6.70. The van der Waals surface area contributed by atoms with Crippen molar-refractivity contribution in [2.75, 3.05) is 33.4 Å². The highest BCUT2D eigenvalue weighted by Crippen LogP contribution is 2.02. The molecule has 0 saturated carbocycles. The number of nitrogens with one attached hydrogen (secondary N) is 2. The van der Waals surface area contributed by atoms with Gasteiger partial charge in [0.2, 0.25) is 0 Å². The van der Waals surface area contributed by atoms with Crippen LogP contribution in [0.15, 0.2) is 0 Å². The molecule has 1 rings (SSSR count). The highest BCUT2D eigenvalue weighted by molar-refractivity contribution is 5.69. The van der Waals surface area contributed by atoms with Crippen LogP contribution in [0.5, 0.6) is 0 Å². The fourth-order valence-corrected chi connectivity index (χ4v) is 1.80. The van der Waals surface area contributed by atoms with Gasteiger partial charge in [-0.2, -0.15) is 0 Å². The summed E-state index contributed by atoms with van der Waals surface area (Å²) in [6, 6.07) is 0.804. The lowest BCUT2D eigenvalue weighted by molar-refractivity contribution is -0.140. The quantitative estimate of drug-likeness (QED) is 0.624. The predicted octanol–water partition coefficient (Wildman–Crippen LogP) is -0.0939. The first-order valence-electron chi connectivity index (χ1n) is 5.83. The van der Waals surface area contributed by atoms with Gasteiger partial charge in [0.1, 0.15) is 0 Å². The predicted molar refractivity (Wildman–Crippen MR) is 61.3 cm³/mol. The molecule has 1 saturated heterocycles. The van der Waals surface area contributed by atoms with E-state index < -0.39 is 0 Å². The van der Waals surface area contributed by atoms with Crippen LogP contribution < -0.4 is 10.6 Å². The molecule has 5 heteroatoms. The van der Waals surface area contributed by atoms with E-state index in [1.165, 1.54) is 7.11 Å². The van der Waals surface area contributed by atoms with Crippen molar-refractivity contribution in [3.63, 3.8) is 0 Å². The van der Waals surface area contributed by atoms with E-state index in [1.807, 2.05) is 0 Å². The Morgan fingerprint density at radius 3 is 3.12 bits per heavy atom.